The summed E-state index contributed by atoms with van der Waals surface area (Å²) in [6.07, 6.45) is 2.55. The van der Waals surface area contributed by atoms with Crippen molar-refractivity contribution in [1.82, 2.24) is 15.0 Å². The fraction of sp³-hybridized carbons (Fsp3) is 0.238. The van der Waals surface area contributed by atoms with Crippen LogP contribution in [0, 0.1) is 0 Å². The summed E-state index contributed by atoms with van der Waals surface area (Å²) >= 11 is 0. The monoisotopic (exact) mass is 472 g/mol. The molecule has 33 heavy (non-hydrogen) atoms. The van der Waals surface area contributed by atoms with Crippen LogP contribution in [-0.4, -0.2) is 53.4 Å². The lowest BCUT2D eigenvalue weighted by atomic mass is 10.2. The zero-order valence-corrected chi connectivity index (χ0v) is 18.8. The van der Waals surface area contributed by atoms with Crippen molar-refractivity contribution >= 4 is 33.1 Å². The summed E-state index contributed by atoms with van der Waals surface area (Å²) in [6.45, 7) is 1.63. The number of nitrogens with one attached hydrogen (secondary N) is 4. The molecule has 174 valence electrons. The van der Waals surface area contributed by atoms with Crippen molar-refractivity contribution < 1.29 is 18.3 Å². The molecule has 0 saturated heterocycles. The van der Waals surface area contributed by atoms with Crippen molar-refractivity contribution in [2.24, 2.45) is 0 Å². The number of rotatable bonds is 8. The summed E-state index contributed by atoms with van der Waals surface area (Å²) in [5.41, 5.74) is 1.42. The average molecular weight is 473 g/mol. The first-order chi connectivity index (χ1) is 15.6. The second-order valence-electron chi connectivity index (χ2n) is 7.46. The predicted octanol–water partition coefficient (Wildman–Crippen LogP) is 1.81. The number of H-pyrrole nitrogens is 1. The number of benzene rings is 1. The molecule has 2 aromatic heterocycles. The summed E-state index contributed by atoms with van der Waals surface area (Å²) in [6, 6.07) is 10.2. The van der Waals surface area contributed by atoms with Crippen molar-refractivity contribution in [2.45, 2.75) is 18.7 Å². The summed E-state index contributed by atoms with van der Waals surface area (Å²) in [7, 11) is -3.32. The second-order valence-corrected chi connectivity index (χ2v) is 9.60. The first-order valence-electron chi connectivity index (χ1n) is 9.91. The Bertz CT molecular complexity index is 1290. The van der Waals surface area contributed by atoms with Gasteiger partial charge in [0, 0.05) is 47.6 Å². The largest absolute Gasteiger partial charge is 0.394 e. The van der Waals surface area contributed by atoms with Crippen molar-refractivity contribution in [1.29, 1.82) is 0 Å². The third kappa shape index (κ3) is 7.40. The van der Waals surface area contributed by atoms with Gasteiger partial charge in [0.1, 0.15) is 5.82 Å². The van der Waals surface area contributed by atoms with E-state index in [-0.39, 0.29) is 24.0 Å². The number of aromatic nitrogens is 3. The van der Waals surface area contributed by atoms with Crippen molar-refractivity contribution in [2.75, 3.05) is 28.8 Å². The van der Waals surface area contributed by atoms with E-state index >= 15 is 0 Å². The third-order valence-corrected chi connectivity index (χ3v) is 5.11. The number of hydrogen-bond acceptors (Lipinski definition) is 8. The van der Waals surface area contributed by atoms with Gasteiger partial charge in [0.15, 0.2) is 15.7 Å². The highest BCUT2D eigenvalue weighted by Gasteiger charge is 2.13. The van der Waals surface area contributed by atoms with Gasteiger partial charge in [0.2, 0.25) is 5.56 Å². The lowest BCUT2D eigenvalue weighted by Crippen LogP contribution is -2.21. The highest BCUT2D eigenvalue weighted by Crippen LogP contribution is 2.22. The molecule has 12 heteroatoms. The topological polar surface area (TPSA) is 166 Å². The standard InChI is InChI=1S/C21H24N6O5S/c1-13(11-28)23-18-9-17(12-33(2,31)32)24-20(27-18)14-3-5-15(6-4-14)25-21(30)26-16-7-8-22-19(29)10-16/h3-10,13,28H,11-12H2,1-2H3,(H,23,24,27)(H3,22,25,26,29,30)/t13-/m0/s1. The number of aliphatic hydroxyl groups excluding tert-OH is 1. The first kappa shape index (κ1) is 23.9. The molecule has 0 fully saturated rings. The molecule has 0 saturated carbocycles. The van der Waals surface area contributed by atoms with Crippen LogP contribution in [0.15, 0.2) is 53.5 Å². The Kier molecular flexibility index (Phi) is 7.41. The van der Waals surface area contributed by atoms with Crippen LogP contribution in [0.2, 0.25) is 0 Å². The molecule has 0 bridgehead atoms. The molecule has 3 aromatic rings. The van der Waals surface area contributed by atoms with Crippen LogP contribution in [0.5, 0.6) is 0 Å². The van der Waals surface area contributed by atoms with Crippen LogP contribution in [0.3, 0.4) is 0 Å². The molecule has 0 spiro atoms. The fourth-order valence-corrected chi connectivity index (χ4v) is 3.54. The van der Waals surface area contributed by atoms with Crippen LogP contribution in [-0.2, 0) is 15.6 Å². The van der Waals surface area contributed by atoms with Crippen molar-refractivity contribution in [3.8, 4) is 11.4 Å². The van der Waals surface area contributed by atoms with Crippen LogP contribution in [0.4, 0.5) is 22.0 Å². The molecule has 0 radical (unpaired) electrons. The maximum absolute atomic E-state index is 12.2. The number of nitrogens with zero attached hydrogens (tertiary/aromatic N) is 2. The Morgan fingerprint density at radius 1 is 1.09 bits per heavy atom. The molecule has 2 heterocycles. The van der Waals surface area contributed by atoms with Gasteiger partial charge in [-0.1, -0.05) is 0 Å². The number of sulfone groups is 1. The number of urea groups is 1. The molecule has 0 aliphatic heterocycles. The Hall–Kier alpha value is -3.77. The van der Waals surface area contributed by atoms with E-state index in [1.165, 1.54) is 18.3 Å². The summed E-state index contributed by atoms with van der Waals surface area (Å²) in [5, 5.41) is 17.5. The maximum atomic E-state index is 12.2. The maximum Gasteiger partial charge on any atom is 0.323 e. The van der Waals surface area contributed by atoms with Gasteiger partial charge in [-0.2, -0.15) is 0 Å². The SMILES string of the molecule is C[C@@H](CO)Nc1cc(CS(C)(=O)=O)nc(-c2ccc(NC(=O)Nc3cc[nH]c(=O)c3)cc2)n1. The number of aromatic amines is 1. The first-order valence-corrected chi connectivity index (χ1v) is 12.0. The smallest absolute Gasteiger partial charge is 0.323 e. The fourth-order valence-electron chi connectivity index (χ4n) is 2.86. The number of carbonyl (C=O) groups is 1. The van der Waals surface area contributed by atoms with E-state index < -0.39 is 15.9 Å². The average Bonchev–Trinajstić information content (AvgIpc) is 2.72. The van der Waals surface area contributed by atoms with E-state index in [1.807, 2.05) is 0 Å². The lowest BCUT2D eigenvalue weighted by molar-refractivity contribution is 0.262. The van der Waals surface area contributed by atoms with Gasteiger partial charge in [-0.25, -0.2) is 23.2 Å². The van der Waals surface area contributed by atoms with Gasteiger partial charge in [-0.15, -0.1) is 0 Å². The van der Waals surface area contributed by atoms with Crippen LogP contribution < -0.4 is 21.5 Å². The van der Waals surface area contributed by atoms with E-state index in [0.717, 1.165) is 6.26 Å². The molecule has 2 amide bonds. The Labute approximate surface area is 190 Å². The van der Waals surface area contributed by atoms with E-state index in [1.54, 1.807) is 37.3 Å². The summed E-state index contributed by atoms with van der Waals surface area (Å²) in [5.74, 6) is 0.426. The molecule has 5 N–H and O–H groups in total. The zero-order chi connectivity index (χ0) is 24.0. The van der Waals surface area contributed by atoms with E-state index in [9.17, 15) is 23.1 Å². The Morgan fingerprint density at radius 3 is 2.42 bits per heavy atom. The van der Waals surface area contributed by atoms with Gasteiger partial charge < -0.3 is 26.0 Å². The van der Waals surface area contributed by atoms with Crippen molar-refractivity contribution in [3.63, 3.8) is 0 Å². The molecule has 11 nitrogen and oxygen atoms in total. The number of carbonyl (C=O) groups excluding carboxylic acids is 1. The molecule has 0 aliphatic carbocycles. The van der Waals surface area contributed by atoms with Gasteiger partial charge in [0.25, 0.3) is 0 Å². The van der Waals surface area contributed by atoms with Crippen LogP contribution >= 0.6 is 0 Å². The van der Waals surface area contributed by atoms with E-state index in [4.69, 9.17) is 0 Å². The minimum absolute atomic E-state index is 0.124. The minimum Gasteiger partial charge on any atom is -0.394 e. The zero-order valence-electron chi connectivity index (χ0n) is 18.0. The number of anilines is 3. The third-order valence-electron chi connectivity index (χ3n) is 4.29. The van der Waals surface area contributed by atoms with Gasteiger partial charge in [-0.05, 0) is 37.3 Å². The van der Waals surface area contributed by atoms with Gasteiger partial charge in [-0.3, -0.25) is 4.79 Å². The van der Waals surface area contributed by atoms with Gasteiger partial charge in [0.05, 0.1) is 18.1 Å². The molecular weight excluding hydrogens is 448 g/mol. The Balaban J connectivity index is 1.79. The second kappa shape index (κ2) is 10.2. The van der Waals surface area contributed by atoms with E-state index in [0.29, 0.717) is 34.3 Å². The summed E-state index contributed by atoms with van der Waals surface area (Å²) < 4.78 is 23.5. The van der Waals surface area contributed by atoms with Crippen molar-refractivity contribution in [3.05, 3.63) is 64.7 Å². The summed E-state index contributed by atoms with van der Waals surface area (Å²) in [4.78, 5) is 34.7. The molecular formula is C21H24N6O5S. The van der Waals surface area contributed by atoms with E-state index in [2.05, 4.69) is 30.9 Å². The number of aliphatic hydroxyl groups is 1. The Morgan fingerprint density at radius 2 is 1.79 bits per heavy atom. The quantitative estimate of drug-likeness (QED) is 0.331. The highest BCUT2D eigenvalue weighted by atomic mass is 32.2. The number of amides is 2. The number of hydrogen-bond donors (Lipinski definition) is 5. The lowest BCUT2D eigenvalue weighted by Gasteiger charge is -2.14. The molecule has 1 aromatic carbocycles. The predicted molar refractivity (Wildman–Crippen MR) is 126 cm³/mol. The molecule has 3 rings (SSSR count). The molecule has 0 unspecified atom stereocenters. The molecule has 1 atom stereocenters. The van der Waals surface area contributed by atoms with Gasteiger partial charge >= 0.3 is 6.03 Å². The normalized spacial score (nSPS) is 12.1. The highest BCUT2D eigenvalue weighted by molar-refractivity contribution is 7.89. The number of pyridine rings is 1. The minimum atomic E-state index is -3.32. The van der Waals surface area contributed by atoms with Crippen LogP contribution in [0.1, 0.15) is 12.6 Å². The van der Waals surface area contributed by atoms with Crippen LogP contribution in [0.25, 0.3) is 11.4 Å². The molecule has 0 aliphatic rings.